The normalized spacial score (nSPS) is 12.0. The smallest absolute Gasteiger partial charge is 0.419 e. The van der Waals surface area contributed by atoms with E-state index >= 15 is 0 Å². The Morgan fingerprint density at radius 1 is 1.00 bits per heavy atom. The van der Waals surface area contributed by atoms with Gasteiger partial charge >= 0.3 is 6.18 Å². The Bertz CT molecular complexity index is 765. The van der Waals surface area contributed by atoms with E-state index in [9.17, 15) is 17.6 Å². The highest BCUT2D eigenvalue weighted by molar-refractivity contribution is 5.77. The fourth-order valence-electron chi connectivity index (χ4n) is 1.80. The molecule has 2 heterocycles. The number of halogens is 4. The lowest BCUT2D eigenvalue weighted by Crippen LogP contribution is -2.08. The van der Waals surface area contributed by atoms with Crippen molar-refractivity contribution < 1.29 is 22.0 Å². The Morgan fingerprint density at radius 3 is 2.35 bits per heavy atom. The molecule has 0 aliphatic carbocycles. The van der Waals surface area contributed by atoms with Crippen molar-refractivity contribution in [2.45, 2.75) is 6.18 Å². The van der Waals surface area contributed by atoms with Gasteiger partial charge in [-0.1, -0.05) is 0 Å². The number of hydrogen-bond donors (Lipinski definition) is 0. The van der Waals surface area contributed by atoms with Gasteiger partial charge in [-0.3, -0.25) is 4.98 Å². The second kappa shape index (κ2) is 4.29. The minimum atomic E-state index is -4.77. The van der Waals surface area contributed by atoms with Crippen LogP contribution >= 0.6 is 0 Å². The molecule has 0 atom stereocenters. The van der Waals surface area contributed by atoms with Gasteiger partial charge in [0.05, 0.1) is 5.56 Å². The van der Waals surface area contributed by atoms with E-state index < -0.39 is 23.1 Å². The Labute approximate surface area is 109 Å². The van der Waals surface area contributed by atoms with Crippen LogP contribution in [0.25, 0.3) is 22.6 Å². The maximum absolute atomic E-state index is 13.8. The fraction of sp³-hybridized carbons (Fsp3) is 0.0769. The van der Waals surface area contributed by atoms with Crippen molar-refractivity contribution in [3.8, 4) is 11.5 Å². The molecule has 0 saturated carbocycles. The van der Waals surface area contributed by atoms with Crippen molar-refractivity contribution in [2.24, 2.45) is 0 Å². The molecule has 0 aliphatic heterocycles. The van der Waals surface area contributed by atoms with Gasteiger partial charge in [0.1, 0.15) is 5.52 Å². The molecule has 0 aliphatic rings. The lowest BCUT2D eigenvalue weighted by molar-refractivity contribution is -0.139. The molecule has 20 heavy (non-hydrogen) atoms. The second-order valence-corrected chi connectivity index (χ2v) is 4.03. The highest BCUT2D eigenvalue weighted by Gasteiger charge is 2.35. The summed E-state index contributed by atoms with van der Waals surface area (Å²) in [5, 5.41) is 0. The summed E-state index contributed by atoms with van der Waals surface area (Å²) in [7, 11) is 0. The van der Waals surface area contributed by atoms with Crippen molar-refractivity contribution in [2.75, 3.05) is 0 Å². The number of benzene rings is 1. The fourth-order valence-corrected chi connectivity index (χ4v) is 1.80. The Kier molecular flexibility index (Phi) is 2.70. The van der Waals surface area contributed by atoms with Crippen LogP contribution in [0.3, 0.4) is 0 Å². The van der Waals surface area contributed by atoms with E-state index in [0.29, 0.717) is 11.6 Å². The lowest BCUT2D eigenvalue weighted by Gasteiger charge is -2.06. The molecule has 7 heteroatoms. The van der Waals surface area contributed by atoms with Gasteiger partial charge in [-0.05, 0) is 24.3 Å². The van der Waals surface area contributed by atoms with Crippen LogP contribution < -0.4 is 0 Å². The van der Waals surface area contributed by atoms with E-state index in [-0.39, 0.29) is 11.5 Å². The van der Waals surface area contributed by atoms with Crippen LogP contribution in [0.5, 0.6) is 0 Å². The molecule has 2 aromatic heterocycles. The number of aromatic nitrogens is 2. The van der Waals surface area contributed by atoms with Crippen LogP contribution in [0.2, 0.25) is 0 Å². The van der Waals surface area contributed by atoms with Gasteiger partial charge in [-0.2, -0.15) is 13.2 Å². The lowest BCUT2D eigenvalue weighted by atomic mass is 10.2. The number of fused-ring (bicyclic) bond motifs is 1. The van der Waals surface area contributed by atoms with E-state index in [1.165, 1.54) is 12.4 Å². The van der Waals surface area contributed by atoms with Gasteiger partial charge < -0.3 is 4.42 Å². The van der Waals surface area contributed by atoms with Crippen LogP contribution in [0, 0.1) is 5.82 Å². The predicted molar refractivity (Wildman–Crippen MR) is 62.2 cm³/mol. The Balaban J connectivity index is 2.20. The number of hydrogen-bond acceptors (Lipinski definition) is 3. The summed E-state index contributed by atoms with van der Waals surface area (Å²) < 4.78 is 56.9. The van der Waals surface area contributed by atoms with Crippen LogP contribution in [0.15, 0.2) is 41.1 Å². The molecule has 0 spiro atoms. The minimum absolute atomic E-state index is 0.0395. The third kappa shape index (κ3) is 2.01. The maximum atomic E-state index is 13.8. The SMILES string of the molecule is Fc1c(C(F)(F)F)ccc2oc(-c3ccncc3)nc12. The van der Waals surface area contributed by atoms with Crippen LogP contribution in [-0.2, 0) is 6.18 Å². The van der Waals surface area contributed by atoms with Crippen LogP contribution in [0.1, 0.15) is 5.56 Å². The average Bonchev–Trinajstić information content (AvgIpc) is 2.83. The average molecular weight is 282 g/mol. The molecule has 0 unspecified atom stereocenters. The van der Waals surface area contributed by atoms with Crippen molar-refractivity contribution >= 4 is 11.1 Å². The van der Waals surface area contributed by atoms with Gasteiger partial charge in [0.15, 0.2) is 11.4 Å². The summed E-state index contributed by atoms with van der Waals surface area (Å²) >= 11 is 0. The summed E-state index contributed by atoms with van der Waals surface area (Å²) in [6.07, 6.45) is -1.82. The Hall–Kier alpha value is -2.44. The van der Waals surface area contributed by atoms with Crippen molar-refractivity contribution in [3.05, 3.63) is 48.0 Å². The predicted octanol–water partition coefficient (Wildman–Crippen LogP) is 4.05. The van der Waals surface area contributed by atoms with Crippen molar-refractivity contribution in [3.63, 3.8) is 0 Å². The van der Waals surface area contributed by atoms with E-state index in [1.54, 1.807) is 12.1 Å². The molecule has 1 aromatic carbocycles. The van der Waals surface area contributed by atoms with E-state index in [0.717, 1.165) is 6.07 Å². The van der Waals surface area contributed by atoms with Gasteiger partial charge in [0.25, 0.3) is 0 Å². The maximum Gasteiger partial charge on any atom is 0.419 e. The number of rotatable bonds is 1. The monoisotopic (exact) mass is 282 g/mol. The quantitative estimate of drug-likeness (QED) is 0.632. The number of oxazole rings is 1. The molecule has 3 rings (SSSR count). The molecular weight excluding hydrogens is 276 g/mol. The zero-order valence-electron chi connectivity index (χ0n) is 9.78. The summed E-state index contributed by atoms with van der Waals surface area (Å²) in [5.74, 6) is -1.39. The number of nitrogens with zero attached hydrogens (tertiary/aromatic N) is 2. The topological polar surface area (TPSA) is 38.9 Å². The molecular formula is C13H6F4N2O. The molecule has 0 fully saturated rings. The summed E-state index contributed by atoms with van der Waals surface area (Å²) in [6.45, 7) is 0. The van der Waals surface area contributed by atoms with Crippen molar-refractivity contribution in [1.29, 1.82) is 0 Å². The van der Waals surface area contributed by atoms with E-state index in [1.807, 2.05) is 0 Å². The summed E-state index contributed by atoms with van der Waals surface area (Å²) in [6, 6.07) is 4.82. The van der Waals surface area contributed by atoms with E-state index in [4.69, 9.17) is 4.42 Å². The first-order valence-corrected chi connectivity index (χ1v) is 5.53. The van der Waals surface area contributed by atoms with E-state index in [2.05, 4.69) is 9.97 Å². The number of pyridine rings is 1. The van der Waals surface area contributed by atoms with Gasteiger partial charge in [-0.15, -0.1) is 0 Å². The van der Waals surface area contributed by atoms with Gasteiger partial charge in [-0.25, -0.2) is 9.37 Å². The Morgan fingerprint density at radius 2 is 1.70 bits per heavy atom. The first-order chi connectivity index (χ1) is 9.47. The first kappa shape index (κ1) is 12.6. The zero-order chi connectivity index (χ0) is 14.3. The van der Waals surface area contributed by atoms with Crippen LogP contribution in [0.4, 0.5) is 17.6 Å². The molecule has 102 valence electrons. The third-order valence-electron chi connectivity index (χ3n) is 2.73. The molecule has 0 bridgehead atoms. The molecule has 0 N–H and O–H groups in total. The molecule has 0 amide bonds. The second-order valence-electron chi connectivity index (χ2n) is 4.03. The highest BCUT2D eigenvalue weighted by Crippen LogP contribution is 2.35. The number of alkyl halides is 3. The molecule has 3 aromatic rings. The molecule has 0 radical (unpaired) electrons. The largest absolute Gasteiger partial charge is 0.436 e. The summed E-state index contributed by atoms with van der Waals surface area (Å²) in [5.41, 5.74) is -1.34. The van der Waals surface area contributed by atoms with Crippen LogP contribution in [-0.4, -0.2) is 9.97 Å². The van der Waals surface area contributed by atoms with Crippen molar-refractivity contribution in [1.82, 2.24) is 9.97 Å². The minimum Gasteiger partial charge on any atom is -0.436 e. The van der Waals surface area contributed by atoms with Gasteiger partial charge in [0, 0.05) is 18.0 Å². The van der Waals surface area contributed by atoms with Gasteiger partial charge in [0.2, 0.25) is 5.89 Å². The first-order valence-electron chi connectivity index (χ1n) is 5.53. The summed E-state index contributed by atoms with van der Waals surface area (Å²) in [4.78, 5) is 7.58. The highest BCUT2D eigenvalue weighted by atomic mass is 19.4. The zero-order valence-corrected chi connectivity index (χ0v) is 9.78. The standard InChI is InChI=1S/C13H6F4N2O/c14-10-8(13(15,16)17)1-2-9-11(10)19-12(20-9)7-3-5-18-6-4-7/h1-6H. The molecule has 0 saturated heterocycles. The molecule has 3 nitrogen and oxygen atoms in total. The third-order valence-corrected chi connectivity index (χ3v) is 2.73.